The summed E-state index contributed by atoms with van der Waals surface area (Å²) in [6.45, 7) is -0.0107. The summed E-state index contributed by atoms with van der Waals surface area (Å²) in [5, 5.41) is 13.0. The maximum Gasteiger partial charge on any atom is 0.267 e. The molecule has 0 amide bonds. The van der Waals surface area contributed by atoms with Gasteiger partial charge >= 0.3 is 0 Å². The smallest absolute Gasteiger partial charge is 0.267 e. The number of nitrogens with one attached hydrogen (secondary N) is 1. The van der Waals surface area contributed by atoms with Crippen molar-refractivity contribution in [2.24, 2.45) is 0 Å². The van der Waals surface area contributed by atoms with Gasteiger partial charge in [-0.25, -0.2) is 9.55 Å². The van der Waals surface area contributed by atoms with Gasteiger partial charge in [-0.2, -0.15) is 0 Å². The molecule has 0 bridgehead atoms. The van der Waals surface area contributed by atoms with Gasteiger partial charge in [-0.1, -0.05) is 42.5 Å². The summed E-state index contributed by atoms with van der Waals surface area (Å²) in [5.41, 5.74) is 2.86. The first-order valence-corrected chi connectivity index (χ1v) is 8.30. The van der Waals surface area contributed by atoms with Gasteiger partial charge in [0, 0.05) is 5.69 Å². The van der Waals surface area contributed by atoms with E-state index in [1.165, 1.54) is 0 Å². The highest BCUT2D eigenvalue weighted by molar-refractivity contribution is 5.79. The lowest BCUT2D eigenvalue weighted by Crippen LogP contribution is -2.22. The van der Waals surface area contributed by atoms with Crippen molar-refractivity contribution in [3.63, 3.8) is 0 Å². The molecule has 128 valence electrons. The number of nitrogens with zero attached hydrogens (tertiary/aromatic N) is 2. The number of hydrogen-bond acceptors (Lipinski definition) is 4. The van der Waals surface area contributed by atoms with E-state index in [2.05, 4.69) is 10.3 Å². The normalized spacial score (nSPS) is 10.8. The van der Waals surface area contributed by atoms with Crippen LogP contribution in [-0.4, -0.2) is 14.7 Å². The molecule has 4 aromatic rings. The Balaban J connectivity index is 1.90. The zero-order valence-corrected chi connectivity index (χ0v) is 14.0. The van der Waals surface area contributed by atoms with Crippen LogP contribution in [0.5, 0.6) is 0 Å². The molecule has 0 spiro atoms. The molecular formula is C21H17N3O2. The summed E-state index contributed by atoms with van der Waals surface area (Å²) < 4.78 is 1.57. The maximum atomic E-state index is 13.1. The van der Waals surface area contributed by atoms with E-state index in [4.69, 9.17) is 0 Å². The Kier molecular flexibility index (Phi) is 4.21. The van der Waals surface area contributed by atoms with Crippen LogP contribution in [0.1, 0.15) is 5.56 Å². The Bertz CT molecular complexity index is 1100. The van der Waals surface area contributed by atoms with Crippen LogP contribution >= 0.6 is 0 Å². The Morgan fingerprint density at radius 2 is 1.58 bits per heavy atom. The highest BCUT2D eigenvalue weighted by atomic mass is 16.3. The van der Waals surface area contributed by atoms with E-state index in [0.717, 1.165) is 16.9 Å². The molecule has 5 heteroatoms. The van der Waals surface area contributed by atoms with Crippen molar-refractivity contribution in [3.05, 3.63) is 94.8 Å². The first kappa shape index (κ1) is 16.1. The topological polar surface area (TPSA) is 67.2 Å². The highest BCUT2D eigenvalue weighted by Gasteiger charge is 2.12. The van der Waals surface area contributed by atoms with Crippen LogP contribution in [0.4, 0.5) is 11.6 Å². The fourth-order valence-corrected chi connectivity index (χ4v) is 2.86. The number of rotatable bonds is 4. The molecule has 5 nitrogen and oxygen atoms in total. The molecule has 0 saturated carbocycles. The molecule has 0 radical (unpaired) electrons. The van der Waals surface area contributed by atoms with Gasteiger partial charge in [-0.05, 0) is 42.0 Å². The fourth-order valence-electron chi connectivity index (χ4n) is 2.86. The summed E-state index contributed by atoms with van der Waals surface area (Å²) in [5.74, 6) is 0.441. The van der Waals surface area contributed by atoms with Crippen LogP contribution in [0, 0.1) is 0 Å². The lowest BCUT2D eigenvalue weighted by molar-refractivity contribution is 0.282. The average molecular weight is 343 g/mol. The van der Waals surface area contributed by atoms with Crippen LogP contribution in [-0.2, 0) is 6.61 Å². The van der Waals surface area contributed by atoms with E-state index in [-0.39, 0.29) is 12.2 Å². The second kappa shape index (κ2) is 6.82. The number of para-hydroxylation sites is 2. The lowest BCUT2D eigenvalue weighted by atomic mass is 10.2. The van der Waals surface area contributed by atoms with E-state index in [1.807, 2.05) is 72.8 Å². The second-order valence-corrected chi connectivity index (χ2v) is 5.91. The van der Waals surface area contributed by atoms with Gasteiger partial charge in [0.15, 0.2) is 0 Å². The Morgan fingerprint density at radius 1 is 0.885 bits per heavy atom. The number of aliphatic hydroxyl groups is 1. The molecule has 0 aliphatic heterocycles. The molecule has 26 heavy (non-hydrogen) atoms. The summed E-state index contributed by atoms with van der Waals surface area (Å²) in [6, 6.07) is 24.1. The predicted octanol–water partition coefficient (Wildman–Crippen LogP) is 3.62. The van der Waals surface area contributed by atoms with Crippen molar-refractivity contribution in [1.29, 1.82) is 0 Å². The number of benzene rings is 3. The van der Waals surface area contributed by atoms with Crippen molar-refractivity contribution < 1.29 is 5.11 Å². The van der Waals surface area contributed by atoms with Crippen molar-refractivity contribution in [2.75, 3.05) is 5.32 Å². The van der Waals surface area contributed by atoms with Crippen molar-refractivity contribution in [3.8, 4) is 5.69 Å². The minimum absolute atomic E-state index is 0.0107. The molecule has 0 aliphatic rings. The molecule has 0 aliphatic carbocycles. The van der Waals surface area contributed by atoms with Gasteiger partial charge in [0.25, 0.3) is 5.56 Å². The van der Waals surface area contributed by atoms with Crippen LogP contribution in [0.15, 0.2) is 83.7 Å². The van der Waals surface area contributed by atoms with Crippen LogP contribution in [0.2, 0.25) is 0 Å². The van der Waals surface area contributed by atoms with Gasteiger partial charge in [0.2, 0.25) is 5.95 Å². The van der Waals surface area contributed by atoms with Crippen LogP contribution in [0.25, 0.3) is 16.6 Å². The quantitative estimate of drug-likeness (QED) is 0.594. The first-order chi connectivity index (χ1) is 12.8. The zero-order valence-electron chi connectivity index (χ0n) is 14.0. The molecule has 0 saturated heterocycles. The zero-order chi connectivity index (χ0) is 17.9. The van der Waals surface area contributed by atoms with Gasteiger partial charge in [0.05, 0.1) is 23.2 Å². The molecule has 3 aromatic carbocycles. The molecular weight excluding hydrogens is 326 g/mol. The molecule has 0 atom stereocenters. The number of fused-ring (bicyclic) bond motifs is 1. The van der Waals surface area contributed by atoms with Gasteiger partial charge in [-0.15, -0.1) is 0 Å². The Morgan fingerprint density at radius 3 is 2.31 bits per heavy atom. The molecule has 0 unspecified atom stereocenters. The van der Waals surface area contributed by atoms with E-state index < -0.39 is 0 Å². The largest absolute Gasteiger partial charge is 0.392 e. The summed E-state index contributed by atoms with van der Waals surface area (Å²) in [6.07, 6.45) is 0. The van der Waals surface area contributed by atoms with Crippen molar-refractivity contribution in [1.82, 2.24) is 9.55 Å². The van der Waals surface area contributed by atoms with E-state index >= 15 is 0 Å². The third kappa shape index (κ3) is 2.96. The van der Waals surface area contributed by atoms with E-state index in [1.54, 1.807) is 10.6 Å². The van der Waals surface area contributed by atoms with Gasteiger partial charge < -0.3 is 10.4 Å². The van der Waals surface area contributed by atoms with Crippen molar-refractivity contribution in [2.45, 2.75) is 6.61 Å². The van der Waals surface area contributed by atoms with Crippen LogP contribution in [0.3, 0.4) is 0 Å². The molecule has 4 rings (SSSR count). The maximum absolute atomic E-state index is 13.1. The van der Waals surface area contributed by atoms with Gasteiger partial charge in [0.1, 0.15) is 0 Å². The third-order valence-electron chi connectivity index (χ3n) is 4.18. The first-order valence-electron chi connectivity index (χ1n) is 8.30. The SMILES string of the molecule is O=c1c2ccccc2nc(Nc2ccc(CO)cc2)n1-c1ccccc1. The Labute approximate surface area is 150 Å². The third-order valence-corrected chi connectivity index (χ3v) is 4.18. The molecule has 1 aromatic heterocycles. The summed E-state index contributed by atoms with van der Waals surface area (Å²) >= 11 is 0. The van der Waals surface area contributed by atoms with Crippen LogP contribution < -0.4 is 10.9 Å². The second-order valence-electron chi connectivity index (χ2n) is 5.91. The molecule has 2 N–H and O–H groups in total. The Hall–Kier alpha value is -3.44. The van der Waals surface area contributed by atoms with E-state index in [9.17, 15) is 9.90 Å². The monoisotopic (exact) mass is 343 g/mol. The minimum Gasteiger partial charge on any atom is -0.392 e. The summed E-state index contributed by atoms with van der Waals surface area (Å²) in [7, 11) is 0. The number of hydrogen-bond donors (Lipinski definition) is 2. The predicted molar refractivity (Wildman–Crippen MR) is 103 cm³/mol. The number of anilines is 2. The summed E-state index contributed by atoms with van der Waals surface area (Å²) in [4.78, 5) is 17.7. The average Bonchev–Trinajstić information content (AvgIpc) is 2.69. The standard InChI is InChI=1S/C21H17N3O2/c25-14-15-10-12-16(13-11-15)22-21-23-19-9-5-4-8-18(19)20(26)24(21)17-6-2-1-3-7-17/h1-13,25H,14H2,(H,22,23). The number of aliphatic hydroxyl groups excluding tert-OH is 1. The lowest BCUT2D eigenvalue weighted by Gasteiger charge is -2.15. The van der Waals surface area contributed by atoms with Gasteiger partial charge in [-0.3, -0.25) is 4.79 Å². The molecule has 0 fully saturated rings. The minimum atomic E-state index is -0.128. The fraction of sp³-hybridized carbons (Fsp3) is 0.0476. The number of aromatic nitrogens is 2. The van der Waals surface area contributed by atoms with E-state index in [0.29, 0.717) is 16.9 Å². The highest BCUT2D eigenvalue weighted by Crippen LogP contribution is 2.20. The molecule has 1 heterocycles. The van der Waals surface area contributed by atoms with Crippen molar-refractivity contribution >= 4 is 22.5 Å².